The van der Waals surface area contributed by atoms with Gasteiger partial charge in [-0.25, -0.2) is 8.42 Å². The van der Waals surface area contributed by atoms with Crippen molar-refractivity contribution in [2.75, 3.05) is 19.3 Å². The van der Waals surface area contributed by atoms with Gasteiger partial charge in [-0.05, 0) is 18.1 Å². The average Bonchev–Trinajstić information content (AvgIpc) is 2.36. The Hall–Kier alpha value is -1.47. The maximum Gasteiger partial charge on any atom is 0.235 e. The molecule has 1 amide bonds. The highest BCUT2D eigenvalue weighted by Crippen LogP contribution is 2.06. The minimum Gasteiger partial charge on any atom is -0.355 e. The zero-order chi connectivity index (χ0) is 14.3. The molecular weight excluding hydrogens is 266 g/mol. The van der Waals surface area contributed by atoms with Crippen molar-refractivity contribution < 1.29 is 13.2 Å². The molecule has 1 aromatic heterocycles. The van der Waals surface area contributed by atoms with E-state index < -0.39 is 10.0 Å². The average molecular weight is 285 g/mol. The number of carbonyl (C=O) groups excluding carboxylic acids is 1. The summed E-state index contributed by atoms with van der Waals surface area (Å²) in [6.07, 6.45) is 5.11. The van der Waals surface area contributed by atoms with Gasteiger partial charge in [-0.1, -0.05) is 13.0 Å². The van der Waals surface area contributed by atoms with E-state index in [0.717, 1.165) is 22.5 Å². The van der Waals surface area contributed by atoms with Gasteiger partial charge in [-0.3, -0.25) is 9.78 Å². The van der Waals surface area contributed by atoms with Crippen molar-refractivity contribution in [1.29, 1.82) is 0 Å². The van der Waals surface area contributed by atoms with Crippen LogP contribution in [0.4, 0.5) is 0 Å². The van der Waals surface area contributed by atoms with Crippen molar-refractivity contribution in [2.24, 2.45) is 0 Å². The van der Waals surface area contributed by atoms with E-state index in [4.69, 9.17) is 0 Å². The van der Waals surface area contributed by atoms with E-state index in [2.05, 4.69) is 10.3 Å². The third-order valence-electron chi connectivity index (χ3n) is 2.44. The fourth-order valence-electron chi connectivity index (χ4n) is 1.47. The van der Waals surface area contributed by atoms with Crippen LogP contribution in [0, 0.1) is 0 Å². The van der Waals surface area contributed by atoms with Gasteiger partial charge in [-0.2, -0.15) is 4.31 Å². The fraction of sp³-hybridized carbons (Fsp3) is 0.500. The summed E-state index contributed by atoms with van der Waals surface area (Å²) in [6, 6.07) is 3.50. The lowest BCUT2D eigenvalue weighted by Gasteiger charge is -2.19. The molecule has 1 N–H and O–H groups in total. The fourth-order valence-corrected chi connectivity index (χ4v) is 2.20. The first-order valence-electron chi connectivity index (χ1n) is 6.04. The molecule has 0 aliphatic heterocycles. The number of nitrogens with zero attached hydrogens (tertiary/aromatic N) is 2. The molecular formula is C12H19N3O3S. The summed E-state index contributed by atoms with van der Waals surface area (Å²) >= 11 is 0. The van der Waals surface area contributed by atoms with Crippen molar-refractivity contribution in [1.82, 2.24) is 14.6 Å². The summed E-state index contributed by atoms with van der Waals surface area (Å²) in [6.45, 7) is 2.45. The minimum absolute atomic E-state index is 0.145. The quantitative estimate of drug-likeness (QED) is 0.785. The van der Waals surface area contributed by atoms with Crippen LogP contribution in [0.3, 0.4) is 0 Å². The Balaban J connectivity index is 2.71. The van der Waals surface area contributed by atoms with Gasteiger partial charge in [0, 0.05) is 25.5 Å². The maximum absolute atomic E-state index is 11.7. The second kappa shape index (κ2) is 7.20. The zero-order valence-electron chi connectivity index (χ0n) is 11.2. The van der Waals surface area contributed by atoms with Crippen LogP contribution in [0.15, 0.2) is 24.5 Å². The monoisotopic (exact) mass is 285 g/mol. The van der Waals surface area contributed by atoms with Crippen LogP contribution in [0.5, 0.6) is 0 Å². The molecule has 0 aliphatic carbocycles. The molecule has 0 unspecified atom stereocenters. The number of pyridine rings is 1. The first-order chi connectivity index (χ1) is 8.93. The predicted molar refractivity (Wildman–Crippen MR) is 72.8 cm³/mol. The van der Waals surface area contributed by atoms with Crippen LogP contribution in [-0.2, 0) is 21.4 Å². The molecule has 19 heavy (non-hydrogen) atoms. The first kappa shape index (κ1) is 15.6. The van der Waals surface area contributed by atoms with Crippen molar-refractivity contribution in [2.45, 2.75) is 19.9 Å². The van der Waals surface area contributed by atoms with Gasteiger partial charge >= 0.3 is 0 Å². The Kier molecular flexibility index (Phi) is 5.91. The number of sulfonamides is 1. The first-order valence-corrected chi connectivity index (χ1v) is 7.89. The molecule has 6 nitrogen and oxygen atoms in total. The molecule has 7 heteroatoms. The van der Waals surface area contributed by atoms with Crippen molar-refractivity contribution in [3.63, 3.8) is 0 Å². The molecule has 0 saturated heterocycles. The highest BCUT2D eigenvalue weighted by Gasteiger charge is 2.20. The van der Waals surface area contributed by atoms with Gasteiger partial charge in [0.2, 0.25) is 15.9 Å². The largest absolute Gasteiger partial charge is 0.355 e. The SMILES string of the molecule is CCCNC(=O)CN(Cc1cccnc1)S(C)(=O)=O. The van der Waals surface area contributed by atoms with Gasteiger partial charge in [0.05, 0.1) is 12.8 Å². The van der Waals surface area contributed by atoms with E-state index in [0.29, 0.717) is 6.54 Å². The number of hydrogen-bond acceptors (Lipinski definition) is 4. The summed E-state index contributed by atoms with van der Waals surface area (Å²) < 4.78 is 24.5. The number of hydrogen-bond donors (Lipinski definition) is 1. The standard InChI is InChI=1S/C12H19N3O3S/c1-3-6-14-12(16)10-15(19(2,17)18)9-11-5-4-7-13-8-11/h4-5,7-8H,3,6,9-10H2,1-2H3,(H,14,16). The van der Waals surface area contributed by atoms with E-state index in [1.807, 2.05) is 6.92 Å². The topological polar surface area (TPSA) is 79.4 Å². The van der Waals surface area contributed by atoms with Crippen LogP contribution >= 0.6 is 0 Å². The van der Waals surface area contributed by atoms with Gasteiger partial charge in [0.15, 0.2) is 0 Å². The number of carbonyl (C=O) groups is 1. The summed E-state index contributed by atoms with van der Waals surface area (Å²) in [5.74, 6) is -0.295. The highest BCUT2D eigenvalue weighted by atomic mass is 32.2. The van der Waals surface area contributed by atoms with Crippen LogP contribution < -0.4 is 5.32 Å². The summed E-state index contributed by atoms with van der Waals surface area (Å²) in [5.41, 5.74) is 0.746. The normalized spacial score (nSPS) is 11.5. The molecule has 0 aliphatic rings. The number of aromatic nitrogens is 1. The number of nitrogens with one attached hydrogen (secondary N) is 1. The molecule has 0 radical (unpaired) electrons. The maximum atomic E-state index is 11.7. The van der Waals surface area contributed by atoms with Gasteiger partial charge in [0.1, 0.15) is 0 Å². The van der Waals surface area contributed by atoms with Gasteiger partial charge in [0.25, 0.3) is 0 Å². The molecule has 0 fully saturated rings. The highest BCUT2D eigenvalue weighted by molar-refractivity contribution is 7.88. The molecule has 0 aromatic carbocycles. The Morgan fingerprint density at radius 2 is 2.21 bits per heavy atom. The lowest BCUT2D eigenvalue weighted by atomic mass is 10.3. The molecule has 106 valence electrons. The summed E-state index contributed by atoms with van der Waals surface area (Å²) in [4.78, 5) is 15.5. The molecule has 1 aromatic rings. The third-order valence-corrected chi connectivity index (χ3v) is 3.64. The Morgan fingerprint density at radius 1 is 1.47 bits per heavy atom. The van der Waals surface area contributed by atoms with Crippen molar-refractivity contribution in [3.05, 3.63) is 30.1 Å². The van der Waals surface area contributed by atoms with Gasteiger partial charge < -0.3 is 5.32 Å². The summed E-state index contributed by atoms with van der Waals surface area (Å²) in [5, 5.41) is 2.66. The molecule has 0 atom stereocenters. The van der Waals surface area contributed by atoms with E-state index in [1.165, 1.54) is 0 Å². The molecule has 0 bridgehead atoms. The molecule has 1 heterocycles. The molecule has 0 saturated carbocycles. The van der Waals surface area contributed by atoms with Gasteiger partial charge in [-0.15, -0.1) is 0 Å². The van der Waals surface area contributed by atoms with Crippen LogP contribution in [-0.4, -0.2) is 43.0 Å². The lowest BCUT2D eigenvalue weighted by molar-refractivity contribution is -0.121. The van der Waals surface area contributed by atoms with E-state index in [-0.39, 0.29) is 19.0 Å². The zero-order valence-corrected chi connectivity index (χ0v) is 12.0. The number of rotatable bonds is 7. The predicted octanol–water partition coefficient (Wildman–Crippen LogP) is 0.369. The van der Waals surface area contributed by atoms with Crippen LogP contribution in [0.2, 0.25) is 0 Å². The Labute approximate surface area is 113 Å². The third kappa shape index (κ3) is 5.80. The van der Waals surface area contributed by atoms with E-state index >= 15 is 0 Å². The summed E-state index contributed by atoms with van der Waals surface area (Å²) in [7, 11) is -3.44. The lowest BCUT2D eigenvalue weighted by Crippen LogP contribution is -2.40. The minimum atomic E-state index is -3.44. The Bertz CT molecular complexity index is 502. The Morgan fingerprint density at radius 3 is 2.74 bits per heavy atom. The smallest absolute Gasteiger partial charge is 0.235 e. The number of amides is 1. The van der Waals surface area contributed by atoms with Crippen LogP contribution in [0.25, 0.3) is 0 Å². The van der Waals surface area contributed by atoms with E-state index in [1.54, 1.807) is 24.5 Å². The second-order valence-electron chi connectivity index (χ2n) is 4.24. The van der Waals surface area contributed by atoms with Crippen molar-refractivity contribution >= 4 is 15.9 Å². The molecule has 1 rings (SSSR count). The van der Waals surface area contributed by atoms with Crippen molar-refractivity contribution in [3.8, 4) is 0 Å². The molecule has 0 spiro atoms. The second-order valence-corrected chi connectivity index (χ2v) is 6.22. The van der Waals surface area contributed by atoms with E-state index in [9.17, 15) is 13.2 Å². The van der Waals surface area contributed by atoms with Crippen LogP contribution in [0.1, 0.15) is 18.9 Å².